The van der Waals surface area contributed by atoms with Crippen molar-refractivity contribution < 1.29 is 5.11 Å². The Morgan fingerprint density at radius 2 is 2.05 bits per heavy atom. The molecule has 22 heavy (non-hydrogen) atoms. The third-order valence-electron chi connectivity index (χ3n) is 5.59. The van der Waals surface area contributed by atoms with E-state index >= 15 is 0 Å². The van der Waals surface area contributed by atoms with E-state index in [1.165, 1.54) is 23.1 Å². The Morgan fingerprint density at radius 1 is 1.23 bits per heavy atom. The second kappa shape index (κ2) is 4.80. The van der Waals surface area contributed by atoms with E-state index in [2.05, 4.69) is 44.3 Å². The molecule has 1 aromatic carbocycles. The molecule has 1 aromatic rings. The van der Waals surface area contributed by atoms with Crippen LogP contribution in [0.25, 0.3) is 10.8 Å². The summed E-state index contributed by atoms with van der Waals surface area (Å²) in [4.78, 5) is 0. The normalized spacial score (nSPS) is 20.7. The standard InChI is InChI=1S/C20H24OSi/c1-13-11-16-8-9-17(20-18(16)19(13)22(20,2)3)15-7-6-14(12-15)5-4-10-21/h6,8-9,12,21H,4-5,7,10-11H2,1-3H3. The van der Waals surface area contributed by atoms with Crippen molar-refractivity contribution in [3.63, 3.8) is 0 Å². The van der Waals surface area contributed by atoms with Gasteiger partial charge in [-0.2, -0.15) is 0 Å². The number of benzene rings is 1. The maximum atomic E-state index is 9.01. The van der Waals surface area contributed by atoms with Crippen molar-refractivity contribution in [1.82, 2.24) is 0 Å². The Morgan fingerprint density at radius 3 is 2.82 bits per heavy atom. The summed E-state index contributed by atoms with van der Waals surface area (Å²) in [5.74, 6) is 0. The first-order valence-corrected chi connectivity index (χ1v) is 11.4. The number of hydrogen-bond acceptors (Lipinski definition) is 1. The van der Waals surface area contributed by atoms with Crippen molar-refractivity contribution in [2.45, 2.75) is 45.7 Å². The van der Waals surface area contributed by atoms with Crippen molar-refractivity contribution in [1.29, 1.82) is 0 Å². The Bertz CT molecular complexity index is 762. The topological polar surface area (TPSA) is 20.2 Å². The van der Waals surface area contributed by atoms with E-state index in [-0.39, 0.29) is 6.61 Å². The van der Waals surface area contributed by atoms with Crippen LogP contribution in [0.2, 0.25) is 13.1 Å². The third-order valence-corrected chi connectivity index (χ3v) is 9.28. The first kappa shape index (κ1) is 14.2. The highest BCUT2D eigenvalue weighted by Gasteiger charge is 2.48. The van der Waals surface area contributed by atoms with E-state index in [9.17, 15) is 0 Å². The van der Waals surface area contributed by atoms with Gasteiger partial charge in [0.1, 0.15) is 8.07 Å². The minimum atomic E-state index is -1.40. The van der Waals surface area contributed by atoms with Crippen molar-refractivity contribution in [3.8, 4) is 0 Å². The van der Waals surface area contributed by atoms with Crippen LogP contribution in [-0.2, 0) is 6.42 Å². The van der Waals surface area contributed by atoms with Gasteiger partial charge in [-0.3, -0.25) is 0 Å². The van der Waals surface area contributed by atoms with E-state index in [0.29, 0.717) is 0 Å². The predicted octanol–water partition coefficient (Wildman–Crippen LogP) is 3.97. The number of hydrogen-bond donors (Lipinski definition) is 1. The molecule has 0 spiro atoms. The highest BCUT2D eigenvalue weighted by Crippen LogP contribution is 2.48. The molecule has 2 aliphatic carbocycles. The van der Waals surface area contributed by atoms with Gasteiger partial charge in [0.25, 0.3) is 0 Å². The van der Waals surface area contributed by atoms with Gasteiger partial charge in [0.2, 0.25) is 0 Å². The quantitative estimate of drug-likeness (QED) is 0.835. The molecule has 0 saturated heterocycles. The lowest BCUT2D eigenvalue weighted by Gasteiger charge is -2.41. The van der Waals surface area contributed by atoms with Crippen LogP contribution < -0.4 is 5.19 Å². The van der Waals surface area contributed by atoms with Gasteiger partial charge in [-0.1, -0.05) is 48.5 Å². The summed E-state index contributed by atoms with van der Waals surface area (Å²) >= 11 is 0. The molecule has 0 amide bonds. The van der Waals surface area contributed by atoms with Gasteiger partial charge in [-0.05, 0) is 65.3 Å². The van der Waals surface area contributed by atoms with E-state index in [1.807, 2.05) is 0 Å². The zero-order chi connectivity index (χ0) is 15.5. The highest BCUT2D eigenvalue weighted by molar-refractivity contribution is 7.11. The van der Waals surface area contributed by atoms with Crippen molar-refractivity contribution >= 4 is 24.0 Å². The Kier molecular flexibility index (Phi) is 3.11. The highest BCUT2D eigenvalue weighted by atomic mass is 28.3. The summed E-state index contributed by atoms with van der Waals surface area (Å²) in [6, 6.07) is 4.74. The Balaban J connectivity index is 1.75. The smallest absolute Gasteiger partial charge is 0.114 e. The molecule has 1 nitrogen and oxygen atoms in total. The summed E-state index contributed by atoms with van der Waals surface area (Å²) in [6.07, 6.45) is 8.84. The average Bonchev–Trinajstić information content (AvgIpc) is 3.06. The lowest BCUT2D eigenvalue weighted by Crippen LogP contribution is -2.56. The molecular weight excluding hydrogens is 284 g/mol. The van der Waals surface area contributed by atoms with E-state index < -0.39 is 8.07 Å². The largest absolute Gasteiger partial charge is 0.396 e. The number of aliphatic hydroxyl groups excluding tert-OH is 1. The molecule has 1 aliphatic heterocycles. The lowest BCUT2D eigenvalue weighted by atomic mass is 9.98. The molecule has 0 saturated carbocycles. The van der Waals surface area contributed by atoms with Crippen LogP contribution in [0.3, 0.4) is 0 Å². The zero-order valence-electron chi connectivity index (χ0n) is 13.8. The van der Waals surface area contributed by atoms with E-state index in [0.717, 1.165) is 19.3 Å². The maximum Gasteiger partial charge on any atom is 0.114 e. The molecule has 114 valence electrons. The lowest BCUT2D eigenvalue weighted by molar-refractivity contribution is 0.289. The predicted molar refractivity (Wildman–Crippen MR) is 96.9 cm³/mol. The van der Waals surface area contributed by atoms with Crippen LogP contribution in [0, 0.1) is 0 Å². The van der Waals surface area contributed by atoms with Gasteiger partial charge in [0.15, 0.2) is 0 Å². The second-order valence-corrected chi connectivity index (χ2v) is 11.7. The first-order chi connectivity index (χ1) is 10.5. The number of rotatable bonds is 4. The molecule has 2 heteroatoms. The van der Waals surface area contributed by atoms with Gasteiger partial charge in [0, 0.05) is 6.61 Å². The number of allylic oxidation sites excluding steroid dienone is 5. The molecule has 0 atom stereocenters. The van der Waals surface area contributed by atoms with Gasteiger partial charge < -0.3 is 5.11 Å². The van der Waals surface area contributed by atoms with Crippen LogP contribution >= 0.6 is 0 Å². The SMILES string of the molecule is CC1=C2c3c(ccc(C4=CC(CCCO)=CC4)c3[Si]2(C)C)C1. The molecule has 3 aliphatic rings. The molecule has 1 N–H and O–H groups in total. The summed E-state index contributed by atoms with van der Waals surface area (Å²) < 4.78 is 0. The van der Waals surface area contributed by atoms with Crippen LogP contribution in [0.5, 0.6) is 0 Å². The van der Waals surface area contributed by atoms with Crippen LogP contribution in [0.1, 0.15) is 42.9 Å². The Labute approximate surface area is 134 Å². The molecule has 0 unspecified atom stereocenters. The molecule has 0 bridgehead atoms. The summed E-state index contributed by atoms with van der Waals surface area (Å²) in [6.45, 7) is 7.65. The fourth-order valence-electron chi connectivity index (χ4n) is 4.72. The molecular formula is C20H24OSi. The molecule has 4 rings (SSSR count). The fraction of sp³-hybridized carbons (Fsp3) is 0.400. The number of aliphatic hydroxyl groups is 1. The molecule has 0 radical (unpaired) electrons. The molecule has 1 heterocycles. The Hall–Kier alpha value is -1.38. The van der Waals surface area contributed by atoms with Gasteiger partial charge in [-0.25, -0.2) is 0 Å². The van der Waals surface area contributed by atoms with Crippen LogP contribution in [0.4, 0.5) is 0 Å². The fourth-order valence-corrected chi connectivity index (χ4v) is 8.68. The first-order valence-electron chi connectivity index (χ1n) is 8.42. The molecule has 0 fully saturated rings. The van der Waals surface area contributed by atoms with Crippen molar-refractivity contribution in [2.75, 3.05) is 6.61 Å². The van der Waals surface area contributed by atoms with Crippen molar-refractivity contribution in [3.05, 3.63) is 52.1 Å². The maximum absolute atomic E-state index is 9.01. The summed E-state index contributed by atoms with van der Waals surface area (Å²) in [5.41, 5.74) is 9.22. The van der Waals surface area contributed by atoms with Gasteiger partial charge in [-0.15, -0.1) is 0 Å². The van der Waals surface area contributed by atoms with Crippen molar-refractivity contribution in [2.24, 2.45) is 0 Å². The monoisotopic (exact) mass is 308 g/mol. The second-order valence-electron chi connectivity index (χ2n) is 7.46. The van der Waals surface area contributed by atoms with Gasteiger partial charge >= 0.3 is 0 Å². The van der Waals surface area contributed by atoms with Crippen LogP contribution in [0.15, 0.2) is 35.4 Å². The van der Waals surface area contributed by atoms with E-state index in [1.54, 1.807) is 27.1 Å². The summed E-state index contributed by atoms with van der Waals surface area (Å²) in [7, 11) is -1.40. The third kappa shape index (κ3) is 1.80. The average molecular weight is 308 g/mol. The molecule has 0 aromatic heterocycles. The minimum Gasteiger partial charge on any atom is -0.396 e. The zero-order valence-corrected chi connectivity index (χ0v) is 14.8. The summed E-state index contributed by atoms with van der Waals surface area (Å²) in [5, 5.41) is 12.5. The van der Waals surface area contributed by atoms with Gasteiger partial charge in [0.05, 0.1) is 0 Å². The minimum absolute atomic E-state index is 0.290. The van der Waals surface area contributed by atoms with Crippen LogP contribution in [-0.4, -0.2) is 19.8 Å². The van der Waals surface area contributed by atoms with E-state index in [4.69, 9.17) is 5.11 Å².